The fourth-order valence-electron chi connectivity index (χ4n) is 4.09. The monoisotopic (exact) mass is 429 g/mol. The zero-order valence-corrected chi connectivity index (χ0v) is 18.9. The van der Waals surface area contributed by atoms with Crippen LogP contribution in [0.15, 0.2) is 42.5 Å². The average molecular weight is 430 g/mol. The summed E-state index contributed by atoms with van der Waals surface area (Å²) in [5.41, 5.74) is 3.15. The molecule has 4 atom stereocenters. The summed E-state index contributed by atoms with van der Waals surface area (Å²) >= 11 is 0. The van der Waals surface area contributed by atoms with Crippen molar-refractivity contribution in [1.29, 1.82) is 0 Å². The van der Waals surface area contributed by atoms with E-state index in [4.69, 9.17) is 9.32 Å². The molecule has 0 aliphatic heterocycles. The third-order valence-corrected chi connectivity index (χ3v) is 6.69. The molecule has 162 valence electrons. The van der Waals surface area contributed by atoms with Gasteiger partial charge in [0.05, 0.1) is 0 Å². The van der Waals surface area contributed by atoms with Gasteiger partial charge in [0.25, 0.3) is 0 Å². The van der Waals surface area contributed by atoms with E-state index in [-0.39, 0.29) is 35.2 Å². The van der Waals surface area contributed by atoms with Gasteiger partial charge in [0.1, 0.15) is 0 Å². The van der Waals surface area contributed by atoms with Gasteiger partial charge in [0.15, 0.2) is 11.5 Å². The maximum Gasteiger partial charge on any atom is 0.380 e. The van der Waals surface area contributed by atoms with Crippen molar-refractivity contribution in [3.05, 3.63) is 64.7 Å². The predicted molar refractivity (Wildman–Crippen MR) is 119 cm³/mol. The normalized spacial score (nSPS) is 20.4. The first-order valence-electron chi connectivity index (χ1n) is 10.7. The van der Waals surface area contributed by atoms with Crippen LogP contribution in [0.25, 0.3) is 0 Å². The van der Waals surface area contributed by atoms with E-state index < -0.39 is 10.3 Å². The number of hydrogen-bond donors (Lipinski definition) is 1. The van der Waals surface area contributed by atoms with Gasteiger partial charge in [-0.05, 0) is 48.1 Å². The minimum absolute atomic E-state index is 0.0429. The molecule has 2 aromatic carbocycles. The van der Waals surface area contributed by atoms with Gasteiger partial charge in [-0.15, -0.1) is 0 Å². The van der Waals surface area contributed by atoms with Gasteiger partial charge in [0.2, 0.25) is 0 Å². The molecule has 1 aliphatic rings. The van der Waals surface area contributed by atoms with Gasteiger partial charge in [-0.3, -0.25) is 4.79 Å². The molecule has 0 radical (unpaired) electrons. The Morgan fingerprint density at radius 1 is 1.07 bits per heavy atom. The van der Waals surface area contributed by atoms with Crippen molar-refractivity contribution >= 4 is 16.1 Å². The van der Waals surface area contributed by atoms with Crippen molar-refractivity contribution in [3.8, 4) is 5.75 Å². The largest absolute Gasteiger partial charge is 0.380 e. The van der Waals surface area contributed by atoms with Crippen LogP contribution in [0.1, 0.15) is 91.8 Å². The lowest BCUT2D eigenvalue weighted by molar-refractivity contribution is 0.0963. The number of nitrogens with two attached hydrogens (primary N) is 1. The van der Waals surface area contributed by atoms with E-state index in [0.29, 0.717) is 11.1 Å². The molecule has 1 saturated carbocycles. The molecule has 2 unspecified atom stereocenters. The lowest BCUT2D eigenvalue weighted by Gasteiger charge is -2.23. The summed E-state index contributed by atoms with van der Waals surface area (Å²) in [6, 6.07) is 13.7. The molecule has 2 N–H and O–H groups in total. The third kappa shape index (κ3) is 4.76. The van der Waals surface area contributed by atoms with E-state index in [1.807, 2.05) is 58.0 Å². The highest BCUT2D eigenvalue weighted by atomic mass is 32.2. The van der Waals surface area contributed by atoms with Crippen LogP contribution in [0, 0.1) is 5.92 Å². The Kier molecular flexibility index (Phi) is 6.68. The van der Waals surface area contributed by atoms with Crippen molar-refractivity contribution < 1.29 is 17.4 Å². The molecule has 5 nitrogen and oxygen atoms in total. The van der Waals surface area contributed by atoms with Crippen molar-refractivity contribution in [1.82, 2.24) is 0 Å². The fraction of sp³-hybridized carbons (Fsp3) is 0.458. The number of carbonyl (C=O) groups excluding carboxylic acids is 1. The van der Waals surface area contributed by atoms with Crippen LogP contribution in [-0.2, 0) is 10.3 Å². The second-order valence-electron chi connectivity index (χ2n) is 8.36. The molecule has 3 rings (SSSR count). The molecule has 1 fully saturated rings. The summed E-state index contributed by atoms with van der Waals surface area (Å²) in [6.07, 6.45) is 2.37. The Morgan fingerprint density at radius 2 is 1.70 bits per heavy atom. The molecule has 0 amide bonds. The van der Waals surface area contributed by atoms with Crippen LogP contribution in [0.5, 0.6) is 5.75 Å². The zero-order valence-electron chi connectivity index (χ0n) is 18.1. The minimum atomic E-state index is -4.22. The molecule has 30 heavy (non-hydrogen) atoms. The lowest BCUT2D eigenvalue weighted by Crippen LogP contribution is -2.22. The molecule has 0 saturated heterocycles. The average Bonchev–Trinajstić information content (AvgIpc) is 3.52. The van der Waals surface area contributed by atoms with Crippen LogP contribution in [0.2, 0.25) is 0 Å². The second kappa shape index (κ2) is 8.90. The van der Waals surface area contributed by atoms with Crippen molar-refractivity contribution in [2.24, 2.45) is 11.1 Å². The number of Topliss-reactive ketones (excluding diaryl/α,β-unsaturated/α-hetero) is 1. The van der Waals surface area contributed by atoms with Crippen LogP contribution in [-0.4, -0.2) is 14.2 Å². The van der Waals surface area contributed by atoms with E-state index in [9.17, 15) is 13.2 Å². The molecule has 6 heteroatoms. The molecule has 0 spiro atoms. The smallest absolute Gasteiger partial charge is 0.370 e. The predicted octanol–water partition coefficient (Wildman–Crippen LogP) is 5.28. The van der Waals surface area contributed by atoms with Crippen molar-refractivity contribution in [2.75, 3.05) is 0 Å². The Labute approximate surface area is 179 Å². The highest BCUT2D eigenvalue weighted by Gasteiger charge is 2.45. The van der Waals surface area contributed by atoms with Crippen molar-refractivity contribution in [2.45, 2.75) is 64.7 Å². The molecule has 1 aliphatic carbocycles. The van der Waals surface area contributed by atoms with Gasteiger partial charge < -0.3 is 4.18 Å². The van der Waals surface area contributed by atoms with Crippen LogP contribution >= 0.6 is 0 Å². The van der Waals surface area contributed by atoms with E-state index >= 15 is 0 Å². The highest BCUT2D eigenvalue weighted by Crippen LogP contribution is 2.51. The summed E-state index contributed by atoms with van der Waals surface area (Å²) in [6.45, 7) is 8.05. The summed E-state index contributed by atoms with van der Waals surface area (Å²) < 4.78 is 29.0. The summed E-state index contributed by atoms with van der Waals surface area (Å²) in [5, 5.41) is 5.25. The maximum absolute atomic E-state index is 13.5. The van der Waals surface area contributed by atoms with Gasteiger partial charge in [0, 0.05) is 17.0 Å². The molecule has 0 aromatic heterocycles. The fourth-order valence-corrected chi connectivity index (χ4v) is 4.51. The summed E-state index contributed by atoms with van der Waals surface area (Å²) in [7, 11) is -4.22. The highest BCUT2D eigenvalue weighted by molar-refractivity contribution is 7.84. The Hall–Kier alpha value is -2.18. The molecule has 0 heterocycles. The third-order valence-electron chi connectivity index (χ3n) is 6.29. The van der Waals surface area contributed by atoms with Gasteiger partial charge in [-0.1, -0.05) is 70.2 Å². The Balaban J connectivity index is 2.08. The number of hydrogen-bond acceptors (Lipinski definition) is 4. The number of ketones is 1. The Bertz CT molecular complexity index is 1020. The van der Waals surface area contributed by atoms with E-state index in [0.717, 1.165) is 30.4 Å². The first kappa shape index (κ1) is 22.5. The SMILES string of the molecule is CCC(C)c1ccc(C(=O)[C@@H]2C[C@H]2c2ccccc2)c(C(C)CC)c1OS(N)(=O)=O. The molecular weight excluding hydrogens is 398 g/mol. The molecule has 0 bridgehead atoms. The zero-order chi connectivity index (χ0) is 22.1. The van der Waals surface area contributed by atoms with Gasteiger partial charge >= 0.3 is 10.3 Å². The molecular formula is C24H31NO4S. The number of carbonyl (C=O) groups is 1. The van der Waals surface area contributed by atoms with Crippen molar-refractivity contribution in [3.63, 3.8) is 0 Å². The lowest BCUT2D eigenvalue weighted by atomic mass is 9.84. The van der Waals surface area contributed by atoms with E-state index in [1.54, 1.807) is 0 Å². The summed E-state index contributed by atoms with van der Waals surface area (Å²) in [5.74, 6) is 0.440. The van der Waals surface area contributed by atoms with Crippen LogP contribution < -0.4 is 9.32 Å². The summed E-state index contributed by atoms with van der Waals surface area (Å²) in [4.78, 5) is 13.5. The van der Waals surface area contributed by atoms with Gasteiger partial charge in [-0.2, -0.15) is 13.6 Å². The number of benzene rings is 2. The standard InChI is InChI=1S/C24H31NO4S/c1-5-15(3)18-12-13-19(22(16(4)6-2)24(18)29-30(25,27)28)23(26)21-14-20(21)17-10-8-7-9-11-17/h7-13,15-16,20-21H,5-6,14H2,1-4H3,(H2,25,27,28)/t15?,16?,20-,21+/m0/s1. The van der Waals surface area contributed by atoms with E-state index in [2.05, 4.69) is 12.1 Å². The first-order valence-corrected chi connectivity index (χ1v) is 12.1. The second-order valence-corrected chi connectivity index (χ2v) is 9.52. The van der Waals surface area contributed by atoms with Crippen LogP contribution in [0.3, 0.4) is 0 Å². The Morgan fingerprint density at radius 3 is 2.27 bits per heavy atom. The van der Waals surface area contributed by atoms with Crippen LogP contribution in [0.4, 0.5) is 0 Å². The maximum atomic E-state index is 13.5. The number of rotatable bonds is 9. The quantitative estimate of drug-likeness (QED) is 0.549. The van der Waals surface area contributed by atoms with E-state index in [1.165, 1.54) is 0 Å². The topological polar surface area (TPSA) is 86.5 Å². The minimum Gasteiger partial charge on any atom is -0.370 e. The first-order chi connectivity index (χ1) is 14.2. The molecule has 2 aromatic rings. The van der Waals surface area contributed by atoms with Gasteiger partial charge in [-0.25, -0.2) is 0 Å².